The van der Waals surface area contributed by atoms with Gasteiger partial charge < -0.3 is 14.8 Å². The predicted octanol–water partition coefficient (Wildman–Crippen LogP) is 1.46. The van der Waals surface area contributed by atoms with Crippen LogP contribution in [0.15, 0.2) is 6.07 Å². The standard InChI is InChI=1S/C12H17N3O2/c1-5-9(3)17-12-7-10(13-4)14-11(15-12)8-16-6-2/h1,7,9H,6,8H2,2-4H3,(H,13,14,15). The highest BCUT2D eigenvalue weighted by Crippen LogP contribution is 2.15. The summed E-state index contributed by atoms with van der Waals surface area (Å²) in [6, 6.07) is 1.70. The summed E-state index contributed by atoms with van der Waals surface area (Å²) in [4.78, 5) is 8.46. The second-order valence-corrected chi connectivity index (χ2v) is 3.32. The molecular formula is C12H17N3O2. The molecule has 1 heterocycles. The number of hydrogen-bond donors (Lipinski definition) is 1. The zero-order valence-corrected chi connectivity index (χ0v) is 10.4. The number of rotatable bonds is 6. The molecule has 0 aliphatic rings. The second-order valence-electron chi connectivity index (χ2n) is 3.32. The zero-order valence-electron chi connectivity index (χ0n) is 10.4. The molecule has 0 spiro atoms. The number of nitrogens with zero attached hydrogens (tertiary/aromatic N) is 2. The normalized spacial score (nSPS) is 11.6. The molecular weight excluding hydrogens is 218 g/mol. The quantitative estimate of drug-likeness (QED) is 0.756. The first kappa shape index (κ1) is 13.3. The van der Waals surface area contributed by atoms with E-state index in [1.165, 1.54) is 0 Å². The van der Waals surface area contributed by atoms with Crippen LogP contribution < -0.4 is 10.1 Å². The summed E-state index contributed by atoms with van der Waals surface area (Å²) in [6.45, 7) is 4.67. The molecule has 0 radical (unpaired) electrons. The van der Waals surface area contributed by atoms with Gasteiger partial charge in [-0.15, -0.1) is 6.42 Å². The van der Waals surface area contributed by atoms with Crippen molar-refractivity contribution in [1.82, 2.24) is 9.97 Å². The molecule has 5 heteroatoms. The van der Waals surface area contributed by atoms with Gasteiger partial charge in [0.1, 0.15) is 12.4 Å². The second kappa shape index (κ2) is 6.71. The Bertz CT molecular complexity index is 401. The first-order valence-electron chi connectivity index (χ1n) is 5.45. The molecule has 1 aromatic rings. The fraction of sp³-hybridized carbons (Fsp3) is 0.500. The van der Waals surface area contributed by atoms with Crippen LogP contribution in [0.5, 0.6) is 5.88 Å². The average molecular weight is 235 g/mol. The molecule has 92 valence electrons. The van der Waals surface area contributed by atoms with Gasteiger partial charge in [0, 0.05) is 19.7 Å². The van der Waals surface area contributed by atoms with Gasteiger partial charge in [-0.05, 0) is 13.8 Å². The van der Waals surface area contributed by atoms with E-state index in [0.717, 1.165) is 0 Å². The minimum Gasteiger partial charge on any atom is -0.461 e. The van der Waals surface area contributed by atoms with Gasteiger partial charge in [0.2, 0.25) is 5.88 Å². The van der Waals surface area contributed by atoms with Gasteiger partial charge in [0.05, 0.1) is 0 Å². The summed E-state index contributed by atoms with van der Waals surface area (Å²) in [7, 11) is 1.78. The van der Waals surface area contributed by atoms with Gasteiger partial charge in [0.25, 0.3) is 0 Å². The lowest BCUT2D eigenvalue weighted by Gasteiger charge is -2.11. The highest BCUT2D eigenvalue weighted by Gasteiger charge is 2.07. The largest absolute Gasteiger partial charge is 0.461 e. The molecule has 5 nitrogen and oxygen atoms in total. The fourth-order valence-corrected chi connectivity index (χ4v) is 1.13. The van der Waals surface area contributed by atoms with Crippen molar-refractivity contribution in [3.8, 4) is 18.2 Å². The molecule has 1 rings (SSSR count). The molecule has 0 saturated carbocycles. The lowest BCUT2D eigenvalue weighted by molar-refractivity contribution is 0.127. The number of ether oxygens (including phenoxy) is 2. The van der Waals surface area contributed by atoms with Crippen LogP contribution >= 0.6 is 0 Å². The van der Waals surface area contributed by atoms with Crippen LogP contribution in [0, 0.1) is 12.3 Å². The van der Waals surface area contributed by atoms with E-state index >= 15 is 0 Å². The van der Waals surface area contributed by atoms with Crippen molar-refractivity contribution < 1.29 is 9.47 Å². The van der Waals surface area contributed by atoms with E-state index in [4.69, 9.17) is 15.9 Å². The van der Waals surface area contributed by atoms with Crippen LogP contribution in [0.25, 0.3) is 0 Å². The van der Waals surface area contributed by atoms with Crippen LogP contribution in [-0.4, -0.2) is 29.7 Å². The van der Waals surface area contributed by atoms with E-state index in [1.54, 1.807) is 20.0 Å². The third kappa shape index (κ3) is 4.29. The molecule has 0 saturated heterocycles. The molecule has 0 bridgehead atoms. The van der Waals surface area contributed by atoms with Crippen molar-refractivity contribution in [2.75, 3.05) is 19.0 Å². The lowest BCUT2D eigenvalue weighted by atomic mass is 10.4. The first-order valence-corrected chi connectivity index (χ1v) is 5.45. The summed E-state index contributed by atoms with van der Waals surface area (Å²) in [5.74, 6) is 4.17. The maximum absolute atomic E-state index is 5.44. The van der Waals surface area contributed by atoms with E-state index in [2.05, 4.69) is 21.2 Å². The Hall–Kier alpha value is -1.80. The summed E-state index contributed by atoms with van der Waals surface area (Å²) in [6.07, 6.45) is 4.93. The molecule has 1 N–H and O–H groups in total. The molecule has 17 heavy (non-hydrogen) atoms. The maximum Gasteiger partial charge on any atom is 0.220 e. The van der Waals surface area contributed by atoms with Crippen LogP contribution in [0.2, 0.25) is 0 Å². The van der Waals surface area contributed by atoms with E-state index < -0.39 is 0 Å². The van der Waals surface area contributed by atoms with Gasteiger partial charge in [-0.3, -0.25) is 0 Å². The third-order valence-electron chi connectivity index (χ3n) is 1.97. The van der Waals surface area contributed by atoms with E-state index in [1.807, 2.05) is 6.92 Å². The number of aromatic nitrogens is 2. The Morgan fingerprint density at radius 3 is 2.88 bits per heavy atom. The van der Waals surface area contributed by atoms with Crippen LogP contribution in [0.3, 0.4) is 0 Å². The zero-order chi connectivity index (χ0) is 12.7. The number of hydrogen-bond acceptors (Lipinski definition) is 5. The number of terminal acetylenes is 1. The summed E-state index contributed by atoms with van der Waals surface area (Å²) in [5, 5.41) is 2.94. The minimum atomic E-state index is -0.324. The molecule has 0 aliphatic carbocycles. The number of nitrogens with one attached hydrogen (secondary N) is 1. The van der Waals surface area contributed by atoms with Gasteiger partial charge in [-0.2, -0.15) is 4.98 Å². The molecule has 1 atom stereocenters. The highest BCUT2D eigenvalue weighted by molar-refractivity contribution is 5.37. The monoisotopic (exact) mass is 235 g/mol. The van der Waals surface area contributed by atoms with Crippen molar-refractivity contribution >= 4 is 5.82 Å². The van der Waals surface area contributed by atoms with Crippen LogP contribution in [-0.2, 0) is 11.3 Å². The van der Waals surface area contributed by atoms with Crippen LogP contribution in [0.1, 0.15) is 19.7 Å². The molecule has 0 aromatic carbocycles. The molecule has 1 unspecified atom stereocenters. The molecule has 0 amide bonds. The van der Waals surface area contributed by atoms with Crippen molar-refractivity contribution in [3.63, 3.8) is 0 Å². The Morgan fingerprint density at radius 2 is 2.29 bits per heavy atom. The first-order chi connectivity index (χ1) is 8.19. The maximum atomic E-state index is 5.44. The van der Waals surface area contributed by atoms with Gasteiger partial charge in [-0.1, -0.05) is 5.92 Å². The Balaban J connectivity index is 2.85. The molecule has 0 fully saturated rings. The van der Waals surface area contributed by atoms with Gasteiger partial charge in [0.15, 0.2) is 11.9 Å². The topological polar surface area (TPSA) is 56.3 Å². The third-order valence-corrected chi connectivity index (χ3v) is 1.97. The molecule has 1 aromatic heterocycles. The van der Waals surface area contributed by atoms with E-state index in [0.29, 0.717) is 30.7 Å². The van der Waals surface area contributed by atoms with Crippen molar-refractivity contribution in [2.24, 2.45) is 0 Å². The summed E-state index contributed by atoms with van der Waals surface area (Å²) in [5.41, 5.74) is 0. The summed E-state index contributed by atoms with van der Waals surface area (Å²) < 4.78 is 10.7. The van der Waals surface area contributed by atoms with Crippen molar-refractivity contribution in [3.05, 3.63) is 11.9 Å². The summed E-state index contributed by atoms with van der Waals surface area (Å²) >= 11 is 0. The number of anilines is 1. The minimum absolute atomic E-state index is 0.324. The van der Waals surface area contributed by atoms with Crippen LogP contribution in [0.4, 0.5) is 5.82 Å². The Kier molecular flexibility index (Phi) is 5.24. The fourth-order valence-electron chi connectivity index (χ4n) is 1.13. The Labute approximate surface area is 102 Å². The van der Waals surface area contributed by atoms with E-state index in [9.17, 15) is 0 Å². The van der Waals surface area contributed by atoms with E-state index in [-0.39, 0.29) is 6.10 Å². The van der Waals surface area contributed by atoms with Gasteiger partial charge >= 0.3 is 0 Å². The average Bonchev–Trinajstić information content (AvgIpc) is 2.35. The predicted molar refractivity (Wildman–Crippen MR) is 65.8 cm³/mol. The SMILES string of the molecule is C#CC(C)Oc1cc(NC)nc(COCC)n1. The van der Waals surface area contributed by atoms with Crippen molar-refractivity contribution in [2.45, 2.75) is 26.6 Å². The van der Waals surface area contributed by atoms with Crippen molar-refractivity contribution in [1.29, 1.82) is 0 Å². The highest BCUT2D eigenvalue weighted by atomic mass is 16.5. The lowest BCUT2D eigenvalue weighted by Crippen LogP contribution is -2.11. The Morgan fingerprint density at radius 1 is 1.53 bits per heavy atom. The molecule has 0 aliphatic heterocycles. The smallest absolute Gasteiger partial charge is 0.220 e. The van der Waals surface area contributed by atoms with Gasteiger partial charge in [-0.25, -0.2) is 4.98 Å².